The van der Waals surface area contributed by atoms with Gasteiger partial charge in [0.1, 0.15) is 5.82 Å². The molecule has 1 amide bonds. The zero-order valence-electron chi connectivity index (χ0n) is 13.5. The van der Waals surface area contributed by atoms with Gasteiger partial charge in [0.2, 0.25) is 15.9 Å². The molecule has 1 rings (SSSR count). The fourth-order valence-electron chi connectivity index (χ4n) is 1.92. The lowest BCUT2D eigenvalue weighted by molar-refractivity contribution is -0.120. The molecule has 0 unspecified atom stereocenters. The fourth-order valence-corrected chi connectivity index (χ4v) is 3.01. The minimum absolute atomic E-state index is 0.0140. The predicted molar refractivity (Wildman–Crippen MR) is 90.7 cm³/mol. The first kappa shape index (κ1) is 19.7. The van der Waals surface area contributed by atoms with E-state index in [1.165, 1.54) is 12.1 Å². The molecule has 0 bridgehead atoms. The highest BCUT2D eigenvalue weighted by atomic mass is 35.5. The van der Waals surface area contributed by atoms with Gasteiger partial charge >= 0.3 is 0 Å². The molecule has 0 aliphatic rings. The SMILES string of the molecule is CC(C)CCNC(=O)CCN(c1ccc(F)c(Cl)c1)S(C)(=O)=O. The fraction of sp³-hybridized carbons (Fsp3) is 0.533. The van der Waals surface area contributed by atoms with Crippen molar-refractivity contribution in [1.82, 2.24) is 5.32 Å². The topological polar surface area (TPSA) is 66.5 Å². The van der Waals surface area contributed by atoms with Gasteiger partial charge < -0.3 is 5.32 Å². The number of hydrogen-bond acceptors (Lipinski definition) is 3. The molecule has 0 aromatic heterocycles. The van der Waals surface area contributed by atoms with Crippen LogP contribution in [-0.2, 0) is 14.8 Å². The van der Waals surface area contributed by atoms with Gasteiger partial charge in [-0.2, -0.15) is 0 Å². The van der Waals surface area contributed by atoms with Gasteiger partial charge in [0.25, 0.3) is 0 Å². The van der Waals surface area contributed by atoms with Gasteiger partial charge in [-0.25, -0.2) is 12.8 Å². The number of benzene rings is 1. The second-order valence-electron chi connectivity index (χ2n) is 5.72. The van der Waals surface area contributed by atoms with E-state index in [0.717, 1.165) is 23.0 Å². The van der Waals surface area contributed by atoms with Crippen LogP contribution in [-0.4, -0.2) is 33.7 Å². The summed E-state index contributed by atoms with van der Waals surface area (Å²) in [6.45, 7) is 4.62. The van der Waals surface area contributed by atoms with Crippen LogP contribution in [0.1, 0.15) is 26.7 Å². The summed E-state index contributed by atoms with van der Waals surface area (Å²) in [5, 5.41) is 2.58. The van der Waals surface area contributed by atoms with E-state index < -0.39 is 15.8 Å². The zero-order valence-corrected chi connectivity index (χ0v) is 15.0. The van der Waals surface area contributed by atoms with Crippen LogP contribution in [0.2, 0.25) is 5.02 Å². The molecule has 0 spiro atoms. The third kappa shape index (κ3) is 6.74. The van der Waals surface area contributed by atoms with E-state index in [1.54, 1.807) is 0 Å². The summed E-state index contributed by atoms with van der Waals surface area (Å²) < 4.78 is 38.1. The number of sulfonamides is 1. The Bertz CT molecular complexity index is 650. The van der Waals surface area contributed by atoms with E-state index in [-0.39, 0.29) is 29.6 Å². The number of halogens is 2. The maximum absolute atomic E-state index is 13.2. The highest BCUT2D eigenvalue weighted by molar-refractivity contribution is 7.92. The minimum Gasteiger partial charge on any atom is -0.356 e. The van der Waals surface area contributed by atoms with Crippen molar-refractivity contribution in [3.63, 3.8) is 0 Å². The third-order valence-corrected chi connectivity index (χ3v) is 4.66. The van der Waals surface area contributed by atoms with E-state index in [9.17, 15) is 17.6 Å². The number of nitrogens with one attached hydrogen (secondary N) is 1. The summed E-state index contributed by atoms with van der Waals surface area (Å²) in [4.78, 5) is 11.8. The van der Waals surface area contributed by atoms with Crippen molar-refractivity contribution < 1.29 is 17.6 Å². The molecule has 0 aliphatic heterocycles. The largest absolute Gasteiger partial charge is 0.356 e. The summed E-state index contributed by atoms with van der Waals surface area (Å²) >= 11 is 5.69. The lowest BCUT2D eigenvalue weighted by Gasteiger charge is -2.22. The van der Waals surface area contributed by atoms with Crippen molar-refractivity contribution in [2.24, 2.45) is 5.92 Å². The van der Waals surface area contributed by atoms with Gasteiger partial charge in [0.15, 0.2) is 0 Å². The summed E-state index contributed by atoms with van der Waals surface area (Å²) in [5.41, 5.74) is 0.230. The monoisotopic (exact) mass is 364 g/mol. The van der Waals surface area contributed by atoms with Crippen molar-refractivity contribution in [2.45, 2.75) is 26.7 Å². The Morgan fingerprint density at radius 3 is 2.57 bits per heavy atom. The van der Waals surface area contributed by atoms with Crippen molar-refractivity contribution in [3.8, 4) is 0 Å². The number of amides is 1. The molecule has 0 saturated carbocycles. The number of anilines is 1. The van der Waals surface area contributed by atoms with E-state index >= 15 is 0 Å². The molecule has 0 atom stereocenters. The molecule has 0 fully saturated rings. The molecule has 5 nitrogen and oxygen atoms in total. The van der Waals surface area contributed by atoms with E-state index in [4.69, 9.17) is 11.6 Å². The zero-order chi connectivity index (χ0) is 17.6. The number of carbonyl (C=O) groups is 1. The molecule has 8 heteroatoms. The molecular weight excluding hydrogens is 343 g/mol. The molecular formula is C15H22ClFN2O3S. The number of nitrogens with zero attached hydrogens (tertiary/aromatic N) is 1. The highest BCUT2D eigenvalue weighted by Crippen LogP contribution is 2.24. The molecule has 0 aliphatic carbocycles. The number of carbonyl (C=O) groups excluding carboxylic acids is 1. The molecule has 23 heavy (non-hydrogen) atoms. The molecule has 0 saturated heterocycles. The summed E-state index contributed by atoms with van der Waals surface area (Å²) in [7, 11) is -3.60. The maximum atomic E-state index is 13.2. The van der Waals surface area contributed by atoms with Crippen molar-refractivity contribution in [1.29, 1.82) is 0 Å². The second-order valence-corrected chi connectivity index (χ2v) is 8.03. The Labute approximate surface area is 141 Å². The standard InChI is InChI=1S/C15H22ClFN2O3S/c1-11(2)6-8-18-15(20)7-9-19(23(3,21)22)12-4-5-14(17)13(16)10-12/h4-5,10-11H,6-9H2,1-3H3,(H,18,20). The van der Waals surface area contributed by atoms with E-state index in [1.807, 2.05) is 0 Å². The van der Waals surface area contributed by atoms with Crippen LogP contribution in [0.3, 0.4) is 0 Å². The van der Waals surface area contributed by atoms with E-state index in [2.05, 4.69) is 19.2 Å². The van der Waals surface area contributed by atoms with Crippen LogP contribution in [0.25, 0.3) is 0 Å². The lowest BCUT2D eigenvalue weighted by atomic mass is 10.1. The first-order chi connectivity index (χ1) is 10.6. The van der Waals surface area contributed by atoms with E-state index in [0.29, 0.717) is 12.5 Å². The van der Waals surface area contributed by atoms with Gasteiger partial charge in [0, 0.05) is 19.5 Å². The molecule has 0 radical (unpaired) electrons. The van der Waals surface area contributed by atoms with Crippen molar-refractivity contribution in [2.75, 3.05) is 23.7 Å². The van der Waals surface area contributed by atoms with Gasteiger partial charge in [-0.3, -0.25) is 9.10 Å². The first-order valence-corrected chi connectivity index (χ1v) is 9.53. The van der Waals surface area contributed by atoms with Crippen LogP contribution < -0.4 is 9.62 Å². The van der Waals surface area contributed by atoms with Gasteiger partial charge in [-0.15, -0.1) is 0 Å². The van der Waals surface area contributed by atoms with Crippen molar-refractivity contribution >= 4 is 33.2 Å². The van der Waals surface area contributed by atoms with Gasteiger partial charge in [0.05, 0.1) is 17.0 Å². The lowest BCUT2D eigenvalue weighted by Crippen LogP contribution is -2.35. The second kappa shape index (κ2) is 8.49. The van der Waals surface area contributed by atoms with Crippen LogP contribution in [0, 0.1) is 11.7 Å². The average molecular weight is 365 g/mol. The predicted octanol–water partition coefficient (Wildman–Crippen LogP) is 2.80. The van der Waals surface area contributed by atoms with Crippen LogP contribution >= 0.6 is 11.6 Å². The molecule has 1 aromatic rings. The molecule has 130 valence electrons. The number of hydrogen-bond donors (Lipinski definition) is 1. The Balaban J connectivity index is 2.73. The Morgan fingerprint density at radius 1 is 1.39 bits per heavy atom. The summed E-state index contributed by atoms with van der Waals surface area (Å²) in [5.74, 6) is -0.382. The van der Waals surface area contributed by atoms with Crippen LogP contribution in [0.4, 0.5) is 10.1 Å². The Morgan fingerprint density at radius 2 is 2.04 bits per heavy atom. The first-order valence-electron chi connectivity index (χ1n) is 7.30. The molecule has 1 N–H and O–H groups in total. The average Bonchev–Trinajstić information content (AvgIpc) is 2.41. The molecule has 0 heterocycles. The smallest absolute Gasteiger partial charge is 0.232 e. The highest BCUT2D eigenvalue weighted by Gasteiger charge is 2.19. The van der Waals surface area contributed by atoms with Crippen LogP contribution in [0.5, 0.6) is 0 Å². The quantitative estimate of drug-likeness (QED) is 0.771. The van der Waals surface area contributed by atoms with Gasteiger partial charge in [-0.05, 0) is 30.5 Å². The minimum atomic E-state index is -3.60. The van der Waals surface area contributed by atoms with Gasteiger partial charge in [-0.1, -0.05) is 25.4 Å². The third-order valence-electron chi connectivity index (χ3n) is 3.18. The van der Waals surface area contributed by atoms with Crippen molar-refractivity contribution in [3.05, 3.63) is 29.0 Å². The van der Waals surface area contributed by atoms with Crippen LogP contribution in [0.15, 0.2) is 18.2 Å². The normalized spacial score (nSPS) is 11.6. The molecule has 1 aromatic carbocycles. The summed E-state index contributed by atoms with van der Waals surface area (Å²) in [6.07, 6.45) is 1.90. The Hall–Kier alpha value is -1.34. The number of rotatable bonds is 8. The maximum Gasteiger partial charge on any atom is 0.232 e. The summed E-state index contributed by atoms with van der Waals surface area (Å²) in [6, 6.07) is 3.64. The Kier molecular flexibility index (Phi) is 7.28.